The van der Waals surface area contributed by atoms with Crippen LogP contribution in [0.4, 0.5) is 5.69 Å². The molecule has 1 saturated carbocycles. The summed E-state index contributed by atoms with van der Waals surface area (Å²) >= 11 is 0. The molecular weight excluding hydrogens is 180 g/mol. The Hall–Kier alpha value is -1.45. The zero-order valence-corrected chi connectivity index (χ0v) is 8.41. The van der Waals surface area contributed by atoms with Crippen LogP contribution in [0.3, 0.4) is 0 Å². The van der Waals surface area contributed by atoms with E-state index in [-0.39, 0.29) is 0 Å². The molecule has 0 amide bonds. The average Bonchev–Trinajstić information content (AvgIpc) is 3.01. The lowest BCUT2D eigenvalue weighted by Crippen LogP contribution is -2.02. The molecule has 1 aromatic rings. The number of nitrogens with one attached hydrogen (secondary N) is 1. The lowest BCUT2D eigenvalue weighted by atomic mass is 10.3. The molecule has 1 aliphatic rings. The number of rotatable bonds is 4. The summed E-state index contributed by atoms with van der Waals surface area (Å²) < 4.78 is 10.9. The Morgan fingerprint density at radius 2 is 2.07 bits per heavy atom. The summed E-state index contributed by atoms with van der Waals surface area (Å²) in [6, 6.07) is 0. The van der Waals surface area contributed by atoms with Crippen molar-refractivity contribution in [2.75, 3.05) is 19.5 Å². The maximum Gasteiger partial charge on any atom is 0.164 e. The molecule has 0 aromatic carbocycles. The summed E-state index contributed by atoms with van der Waals surface area (Å²) in [4.78, 5) is 4.05. The van der Waals surface area contributed by atoms with E-state index in [4.69, 9.17) is 9.47 Å². The number of hydrogen-bond donors (Lipinski definition) is 1. The first kappa shape index (κ1) is 9.12. The number of aromatic nitrogens is 1. The number of hydrogen-bond acceptors (Lipinski definition) is 4. The smallest absolute Gasteiger partial charge is 0.164 e. The predicted octanol–water partition coefficient (Wildman–Crippen LogP) is 1.67. The second kappa shape index (κ2) is 3.74. The van der Waals surface area contributed by atoms with Crippen molar-refractivity contribution in [1.82, 2.24) is 4.98 Å². The second-order valence-electron chi connectivity index (χ2n) is 3.28. The van der Waals surface area contributed by atoms with Crippen LogP contribution in [-0.2, 0) is 0 Å². The van der Waals surface area contributed by atoms with Crippen molar-refractivity contribution < 1.29 is 9.47 Å². The molecule has 76 valence electrons. The van der Waals surface area contributed by atoms with Gasteiger partial charge in [0.25, 0.3) is 0 Å². The number of pyridine rings is 1. The molecule has 1 N–H and O–H groups in total. The molecule has 0 atom stereocenters. The summed E-state index contributed by atoms with van der Waals surface area (Å²) in [5.41, 5.74) is 0.870. The highest BCUT2D eigenvalue weighted by Gasteiger charge is 2.25. The molecular formula is C10H14N2O2. The van der Waals surface area contributed by atoms with Crippen LogP contribution in [0.25, 0.3) is 0 Å². The maximum atomic E-state index is 5.68. The van der Waals surface area contributed by atoms with Crippen LogP contribution in [0, 0.1) is 0 Å². The molecule has 0 radical (unpaired) electrons. The van der Waals surface area contributed by atoms with Crippen LogP contribution in [-0.4, -0.2) is 25.2 Å². The van der Waals surface area contributed by atoms with Gasteiger partial charge in [0.15, 0.2) is 11.5 Å². The van der Waals surface area contributed by atoms with Gasteiger partial charge in [-0.2, -0.15) is 0 Å². The third-order valence-electron chi connectivity index (χ3n) is 2.16. The molecule has 1 heterocycles. The molecule has 0 spiro atoms. The van der Waals surface area contributed by atoms with E-state index in [0.717, 1.165) is 24.3 Å². The quantitative estimate of drug-likeness (QED) is 0.791. The molecule has 1 aromatic heterocycles. The second-order valence-corrected chi connectivity index (χ2v) is 3.28. The SMILES string of the molecule is CNc1c(OC)cncc1OC1CC1. The highest BCUT2D eigenvalue weighted by molar-refractivity contribution is 5.64. The van der Waals surface area contributed by atoms with E-state index in [1.807, 2.05) is 7.05 Å². The molecule has 4 heteroatoms. The number of methoxy groups -OCH3 is 1. The van der Waals surface area contributed by atoms with Crippen molar-refractivity contribution >= 4 is 5.69 Å². The van der Waals surface area contributed by atoms with Gasteiger partial charge in [0.05, 0.1) is 25.6 Å². The Kier molecular flexibility index (Phi) is 2.43. The fourth-order valence-electron chi connectivity index (χ4n) is 1.28. The van der Waals surface area contributed by atoms with E-state index < -0.39 is 0 Å². The molecule has 4 nitrogen and oxygen atoms in total. The minimum absolute atomic E-state index is 0.371. The third-order valence-corrected chi connectivity index (χ3v) is 2.16. The Labute approximate surface area is 83.2 Å². The Bertz CT molecular complexity index is 324. The number of nitrogens with zero attached hydrogens (tertiary/aromatic N) is 1. The summed E-state index contributed by atoms with van der Waals surface area (Å²) in [6.45, 7) is 0. The van der Waals surface area contributed by atoms with Gasteiger partial charge in [0.2, 0.25) is 0 Å². The molecule has 2 rings (SSSR count). The minimum Gasteiger partial charge on any atom is -0.493 e. The fourth-order valence-corrected chi connectivity index (χ4v) is 1.28. The first-order valence-electron chi connectivity index (χ1n) is 4.71. The van der Waals surface area contributed by atoms with E-state index >= 15 is 0 Å². The average molecular weight is 194 g/mol. The van der Waals surface area contributed by atoms with Gasteiger partial charge in [-0.25, -0.2) is 0 Å². The molecule has 1 fully saturated rings. The lowest BCUT2D eigenvalue weighted by molar-refractivity contribution is 0.301. The molecule has 0 unspecified atom stereocenters. The summed E-state index contributed by atoms with van der Waals surface area (Å²) in [6.07, 6.45) is 6.04. The lowest BCUT2D eigenvalue weighted by Gasteiger charge is -2.12. The van der Waals surface area contributed by atoms with Crippen LogP contribution in [0.2, 0.25) is 0 Å². The van der Waals surface area contributed by atoms with Crippen molar-refractivity contribution in [3.05, 3.63) is 12.4 Å². The van der Waals surface area contributed by atoms with E-state index in [2.05, 4.69) is 10.3 Å². The van der Waals surface area contributed by atoms with Crippen LogP contribution in [0.5, 0.6) is 11.5 Å². The first-order chi connectivity index (χ1) is 6.85. The standard InChI is InChI=1S/C10H14N2O2/c1-11-10-8(13-2)5-12-6-9(10)14-7-3-4-7/h5-7H,3-4H2,1-2H3,(H,11,12). The molecule has 1 aliphatic carbocycles. The van der Waals surface area contributed by atoms with Gasteiger partial charge in [0, 0.05) is 7.05 Å². The Morgan fingerprint density at radius 3 is 2.64 bits per heavy atom. The predicted molar refractivity (Wildman–Crippen MR) is 54.0 cm³/mol. The van der Waals surface area contributed by atoms with Crippen molar-refractivity contribution in [2.45, 2.75) is 18.9 Å². The Morgan fingerprint density at radius 1 is 1.36 bits per heavy atom. The fraction of sp³-hybridized carbons (Fsp3) is 0.500. The summed E-state index contributed by atoms with van der Waals surface area (Å²) in [7, 11) is 3.47. The monoisotopic (exact) mass is 194 g/mol. The van der Waals surface area contributed by atoms with Crippen LogP contribution in [0.15, 0.2) is 12.4 Å². The number of anilines is 1. The van der Waals surface area contributed by atoms with Gasteiger partial charge in [-0.3, -0.25) is 4.98 Å². The Balaban J connectivity index is 2.26. The highest BCUT2D eigenvalue weighted by Crippen LogP contribution is 2.36. The summed E-state index contributed by atoms with van der Waals surface area (Å²) in [5.74, 6) is 1.49. The van der Waals surface area contributed by atoms with Crippen molar-refractivity contribution in [1.29, 1.82) is 0 Å². The van der Waals surface area contributed by atoms with Crippen LogP contribution in [0.1, 0.15) is 12.8 Å². The van der Waals surface area contributed by atoms with Gasteiger partial charge < -0.3 is 14.8 Å². The van der Waals surface area contributed by atoms with E-state index in [1.54, 1.807) is 19.5 Å². The molecule has 0 saturated heterocycles. The minimum atomic E-state index is 0.371. The van der Waals surface area contributed by atoms with Gasteiger partial charge >= 0.3 is 0 Å². The largest absolute Gasteiger partial charge is 0.493 e. The van der Waals surface area contributed by atoms with Gasteiger partial charge in [-0.15, -0.1) is 0 Å². The zero-order chi connectivity index (χ0) is 9.97. The van der Waals surface area contributed by atoms with E-state index in [9.17, 15) is 0 Å². The van der Waals surface area contributed by atoms with E-state index in [1.165, 1.54) is 0 Å². The topological polar surface area (TPSA) is 43.4 Å². The molecule has 14 heavy (non-hydrogen) atoms. The van der Waals surface area contributed by atoms with Crippen molar-refractivity contribution in [2.24, 2.45) is 0 Å². The van der Waals surface area contributed by atoms with E-state index in [0.29, 0.717) is 11.9 Å². The normalized spacial score (nSPS) is 15.0. The first-order valence-corrected chi connectivity index (χ1v) is 4.71. The van der Waals surface area contributed by atoms with Gasteiger partial charge in [0.1, 0.15) is 5.69 Å². The highest BCUT2D eigenvalue weighted by atomic mass is 16.5. The maximum absolute atomic E-state index is 5.68. The van der Waals surface area contributed by atoms with Gasteiger partial charge in [-0.05, 0) is 12.8 Å². The zero-order valence-electron chi connectivity index (χ0n) is 8.41. The van der Waals surface area contributed by atoms with Crippen LogP contribution >= 0.6 is 0 Å². The number of ether oxygens (including phenoxy) is 2. The van der Waals surface area contributed by atoms with Gasteiger partial charge in [-0.1, -0.05) is 0 Å². The third kappa shape index (κ3) is 1.73. The summed E-state index contributed by atoms with van der Waals surface area (Å²) in [5, 5.41) is 3.06. The van der Waals surface area contributed by atoms with Crippen molar-refractivity contribution in [3.8, 4) is 11.5 Å². The molecule has 0 aliphatic heterocycles. The van der Waals surface area contributed by atoms with Crippen molar-refractivity contribution in [3.63, 3.8) is 0 Å². The molecule has 0 bridgehead atoms. The van der Waals surface area contributed by atoms with Crippen LogP contribution < -0.4 is 14.8 Å².